The zero-order valence-electron chi connectivity index (χ0n) is 23.1. The fraction of sp³-hybridized carbons (Fsp3) is 0.464. The summed E-state index contributed by atoms with van der Waals surface area (Å²) >= 11 is 0. The molecule has 1 amide bonds. The van der Waals surface area contributed by atoms with Crippen LogP contribution in [0.25, 0.3) is 0 Å². The van der Waals surface area contributed by atoms with Gasteiger partial charge in [-0.1, -0.05) is 30.3 Å². The van der Waals surface area contributed by atoms with Gasteiger partial charge in [-0.05, 0) is 83.5 Å². The maximum atomic E-state index is 12.9. The van der Waals surface area contributed by atoms with E-state index in [-0.39, 0.29) is 10.3 Å². The number of anilines is 1. The van der Waals surface area contributed by atoms with Gasteiger partial charge in [-0.2, -0.15) is 13.5 Å². The summed E-state index contributed by atoms with van der Waals surface area (Å²) in [5.41, 5.74) is 1.09. The summed E-state index contributed by atoms with van der Waals surface area (Å²) in [6.45, 7) is 11.4. The molecule has 210 valence electrons. The Morgan fingerprint density at radius 2 is 1.79 bits per heavy atom. The molecule has 0 radical (unpaired) electrons. The van der Waals surface area contributed by atoms with Crippen molar-refractivity contribution >= 4 is 34.4 Å². The topological polar surface area (TPSA) is 107 Å². The van der Waals surface area contributed by atoms with Gasteiger partial charge < -0.3 is 4.74 Å². The number of ether oxygens (including phenoxy) is 1. The molecule has 1 fully saturated rings. The van der Waals surface area contributed by atoms with Crippen molar-refractivity contribution < 1.29 is 17.9 Å². The van der Waals surface area contributed by atoms with Crippen molar-refractivity contribution in [1.82, 2.24) is 15.0 Å². The Kier molecular flexibility index (Phi) is 8.60. The summed E-state index contributed by atoms with van der Waals surface area (Å²) in [6.07, 6.45) is 4.73. The first-order valence-electron chi connectivity index (χ1n) is 13.2. The minimum absolute atomic E-state index is 0.0235. The van der Waals surface area contributed by atoms with Crippen LogP contribution < -0.4 is 5.32 Å². The number of rotatable bonds is 8. The van der Waals surface area contributed by atoms with Gasteiger partial charge in [0.2, 0.25) is 0 Å². The quantitative estimate of drug-likeness (QED) is 0.376. The van der Waals surface area contributed by atoms with Crippen molar-refractivity contribution in [3.63, 3.8) is 0 Å². The SMILES string of the molecule is CCN(C=NS(=O)(=O)c1ccc(NC(=O)OC(C)(C)C)cc1)N1CC2(C=N1)CCN(Cc1ccccc1)CC2. The largest absolute Gasteiger partial charge is 0.444 e. The zero-order valence-corrected chi connectivity index (χ0v) is 23.9. The van der Waals surface area contributed by atoms with Gasteiger partial charge >= 0.3 is 6.09 Å². The van der Waals surface area contributed by atoms with Crippen molar-refractivity contribution in [2.75, 3.05) is 31.5 Å². The van der Waals surface area contributed by atoms with Gasteiger partial charge in [0.05, 0.1) is 11.4 Å². The van der Waals surface area contributed by atoms with Crippen LogP contribution in [0.4, 0.5) is 10.5 Å². The summed E-state index contributed by atoms with van der Waals surface area (Å²) < 4.78 is 34.9. The van der Waals surface area contributed by atoms with Crippen LogP contribution in [0.3, 0.4) is 0 Å². The van der Waals surface area contributed by atoms with Gasteiger partial charge in [-0.25, -0.2) is 9.91 Å². The molecule has 0 unspecified atom stereocenters. The first kappa shape index (κ1) is 28.6. The van der Waals surface area contributed by atoms with E-state index in [0.717, 1.165) is 32.5 Å². The third-order valence-corrected chi connectivity index (χ3v) is 8.00. The number of nitrogens with one attached hydrogen (secondary N) is 1. The molecule has 2 aliphatic heterocycles. The summed E-state index contributed by atoms with van der Waals surface area (Å²) in [5.74, 6) is 0. The van der Waals surface area contributed by atoms with Gasteiger partial charge in [0, 0.05) is 30.4 Å². The van der Waals surface area contributed by atoms with Gasteiger partial charge in [0.25, 0.3) is 10.0 Å². The Balaban J connectivity index is 1.32. The second-order valence-corrected chi connectivity index (χ2v) is 12.6. The van der Waals surface area contributed by atoms with E-state index >= 15 is 0 Å². The van der Waals surface area contributed by atoms with Gasteiger partial charge in [-0.15, -0.1) is 4.40 Å². The molecule has 0 atom stereocenters. The second-order valence-electron chi connectivity index (χ2n) is 11.0. The number of hydrogen-bond donors (Lipinski definition) is 1. The average Bonchev–Trinajstić information content (AvgIpc) is 3.29. The van der Waals surface area contributed by atoms with Crippen LogP contribution in [0.2, 0.25) is 0 Å². The molecule has 2 aliphatic rings. The standard InChI is InChI=1S/C28H38N6O4S/c1-5-33(22-30-39(36,37)25-13-11-24(12-14-25)31-26(35)38-27(2,3)4)34-21-28(20-29-34)15-17-32(18-16-28)19-23-9-7-6-8-10-23/h6-14,20,22H,5,15-19,21H2,1-4H3,(H,31,35). The molecule has 1 spiro atoms. The molecule has 1 N–H and O–H groups in total. The van der Waals surface area contributed by atoms with E-state index in [4.69, 9.17) is 4.74 Å². The number of hydrazine groups is 1. The third-order valence-electron chi connectivity index (χ3n) is 6.76. The van der Waals surface area contributed by atoms with E-state index in [1.54, 1.807) is 30.9 Å². The highest BCUT2D eigenvalue weighted by Crippen LogP contribution is 2.35. The minimum atomic E-state index is -3.94. The Morgan fingerprint density at radius 3 is 2.41 bits per heavy atom. The predicted molar refractivity (Wildman–Crippen MR) is 153 cm³/mol. The second kappa shape index (κ2) is 11.7. The third kappa shape index (κ3) is 7.79. The highest BCUT2D eigenvalue weighted by molar-refractivity contribution is 7.90. The number of likely N-dealkylation sites (tertiary alicyclic amines) is 1. The summed E-state index contributed by atoms with van der Waals surface area (Å²) in [6, 6.07) is 16.3. The number of hydrazone groups is 1. The molecule has 10 nitrogen and oxygen atoms in total. The molecule has 11 heteroatoms. The van der Waals surface area contributed by atoms with Gasteiger partial charge in [-0.3, -0.25) is 15.2 Å². The first-order valence-corrected chi connectivity index (χ1v) is 14.7. The van der Waals surface area contributed by atoms with Crippen molar-refractivity contribution in [2.24, 2.45) is 14.9 Å². The van der Waals surface area contributed by atoms with Crippen LogP contribution in [0.5, 0.6) is 0 Å². The molecule has 0 aromatic heterocycles. The first-order chi connectivity index (χ1) is 18.5. The van der Waals surface area contributed by atoms with E-state index in [0.29, 0.717) is 18.8 Å². The lowest BCUT2D eigenvalue weighted by Gasteiger charge is -2.38. The highest BCUT2D eigenvalue weighted by atomic mass is 32.2. The fourth-order valence-electron chi connectivity index (χ4n) is 4.61. The number of nitrogens with zero attached hydrogens (tertiary/aromatic N) is 5. The number of benzene rings is 2. The van der Waals surface area contributed by atoms with Gasteiger partial charge in [0.1, 0.15) is 11.9 Å². The Labute approximate surface area is 231 Å². The fourth-order valence-corrected chi connectivity index (χ4v) is 5.44. The van der Waals surface area contributed by atoms with E-state index in [1.807, 2.05) is 19.2 Å². The molecular formula is C28H38N6O4S. The molecule has 39 heavy (non-hydrogen) atoms. The van der Waals surface area contributed by atoms with Crippen LogP contribution in [0.1, 0.15) is 46.1 Å². The highest BCUT2D eigenvalue weighted by Gasteiger charge is 2.39. The molecule has 0 aliphatic carbocycles. The van der Waals surface area contributed by atoms with E-state index in [9.17, 15) is 13.2 Å². The predicted octanol–water partition coefficient (Wildman–Crippen LogP) is 4.57. The number of piperidine rings is 1. The number of hydrogen-bond acceptors (Lipinski definition) is 7. The van der Waals surface area contributed by atoms with Crippen molar-refractivity contribution in [3.8, 4) is 0 Å². The molecule has 2 heterocycles. The average molecular weight is 555 g/mol. The van der Waals surface area contributed by atoms with Crippen LogP contribution in [-0.4, -0.2) is 73.9 Å². The smallest absolute Gasteiger partial charge is 0.412 e. The number of carbonyl (C=O) groups is 1. The molecule has 2 aromatic carbocycles. The van der Waals surface area contributed by atoms with Crippen molar-refractivity contribution in [2.45, 2.75) is 57.6 Å². The van der Waals surface area contributed by atoms with Crippen molar-refractivity contribution in [1.29, 1.82) is 0 Å². The Hall–Kier alpha value is -3.44. The summed E-state index contributed by atoms with van der Waals surface area (Å²) in [5, 5.41) is 10.7. The maximum absolute atomic E-state index is 12.9. The zero-order chi connectivity index (χ0) is 28.1. The van der Waals surface area contributed by atoms with Crippen molar-refractivity contribution in [3.05, 3.63) is 60.2 Å². The molecule has 4 rings (SSSR count). The number of carbonyl (C=O) groups excluding carboxylic acids is 1. The maximum Gasteiger partial charge on any atom is 0.412 e. The van der Waals surface area contributed by atoms with E-state index < -0.39 is 21.7 Å². The van der Waals surface area contributed by atoms with Crippen LogP contribution in [0.15, 0.2) is 69.0 Å². The lowest BCUT2D eigenvalue weighted by molar-refractivity contribution is 0.0311. The van der Waals surface area contributed by atoms with Crippen LogP contribution in [-0.2, 0) is 21.3 Å². The molecule has 0 bridgehead atoms. The van der Waals surface area contributed by atoms with E-state index in [1.165, 1.54) is 36.2 Å². The monoisotopic (exact) mass is 554 g/mol. The van der Waals surface area contributed by atoms with Gasteiger partial charge in [0.15, 0.2) is 0 Å². The Morgan fingerprint density at radius 1 is 1.13 bits per heavy atom. The lowest BCUT2D eigenvalue weighted by atomic mass is 9.80. The van der Waals surface area contributed by atoms with E-state index in [2.05, 4.69) is 44.0 Å². The lowest BCUT2D eigenvalue weighted by Crippen LogP contribution is -2.45. The number of amides is 1. The molecule has 0 saturated carbocycles. The summed E-state index contributed by atoms with van der Waals surface area (Å²) in [7, 11) is -3.94. The molecular weight excluding hydrogens is 516 g/mol. The number of sulfonamides is 1. The summed E-state index contributed by atoms with van der Waals surface area (Å²) in [4.78, 5) is 14.4. The minimum Gasteiger partial charge on any atom is -0.444 e. The molecule has 2 aromatic rings. The normalized spacial score (nSPS) is 17.6. The molecule has 1 saturated heterocycles. The van der Waals surface area contributed by atoms with Crippen LogP contribution in [0, 0.1) is 5.41 Å². The Bertz CT molecular complexity index is 1280. The van der Waals surface area contributed by atoms with Crippen LogP contribution >= 0.6 is 0 Å².